The Balaban J connectivity index is 2.09. The summed E-state index contributed by atoms with van der Waals surface area (Å²) in [5.41, 5.74) is 0.478. The summed E-state index contributed by atoms with van der Waals surface area (Å²) in [5.74, 6) is 0.843. The van der Waals surface area contributed by atoms with Crippen LogP contribution in [0.1, 0.15) is 30.6 Å². The maximum atomic E-state index is 12.6. The summed E-state index contributed by atoms with van der Waals surface area (Å²) in [6.07, 6.45) is 0.864. The van der Waals surface area contributed by atoms with Crippen LogP contribution in [-0.2, 0) is 0 Å². The molecule has 8 nitrogen and oxygen atoms in total. The van der Waals surface area contributed by atoms with E-state index in [9.17, 15) is 14.9 Å². The Kier molecular flexibility index (Phi) is 7.90. The molecule has 0 aliphatic heterocycles. The normalized spacial score (nSPS) is 10.3. The molecule has 0 atom stereocenters. The Labute approximate surface area is 174 Å². The summed E-state index contributed by atoms with van der Waals surface area (Å²) >= 11 is 5.18. The highest BCUT2D eigenvalue weighted by atomic mass is 32.1. The van der Waals surface area contributed by atoms with Gasteiger partial charge in [0.2, 0.25) is 0 Å². The van der Waals surface area contributed by atoms with E-state index in [2.05, 4.69) is 24.5 Å². The molecule has 0 bridgehead atoms. The summed E-state index contributed by atoms with van der Waals surface area (Å²) in [6.45, 7) is 4.68. The number of rotatable bonds is 8. The molecule has 0 saturated carbocycles. The molecule has 0 heterocycles. The van der Waals surface area contributed by atoms with E-state index in [4.69, 9.17) is 21.7 Å². The van der Waals surface area contributed by atoms with Crippen molar-refractivity contribution in [1.82, 2.24) is 5.32 Å². The first-order valence-electron chi connectivity index (χ1n) is 8.98. The Morgan fingerprint density at radius 1 is 1.21 bits per heavy atom. The predicted octanol–water partition coefficient (Wildman–Crippen LogP) is 4.16. The molecule has 0 fully saturated rings. The molecule has 29 heavy (non-hydrogen) atoms. The third-order valence-corrected chi connectivity index (χ3v) is 4.16. The molecule has 0 aliphatic carbocycles. The summed E-state index contributed by atoms with van der Waals surface area (Å²) in [7, 11) is 1.43. The zero-order valence-electron chi connectivity index (χ0n) is 16.4. The van der Waals surface area contributed by atoms with Crippen LogP contribution in [0.3, 0.4) is 0 Å². The molecule has 0 spiro atoms. The van der Waals surface area contributed by atoms with Crippen molar-refractivity contribution in [1.29, 1.82) is 0 Å². The molecule has 0 unspecified atom stereocenters. The quantitative estimate of drug-likeness (QED) is 0.378. The zero-order chi connectivity index (χ0) is 21.4. The van der Waals surface area contributed by atoms with Gasteiger partial charge in [-0.3, -0.25) is 20.2 Å². The van der Waals surface area contributed by atoms with Crippen LogP contribution in [0.4, 0.5) is 11.4 Å². The summed E-state index contributed by atoms with van der Waals surface area (Å²) in [6, 6.07) is 10.9. The van der Waals surface area contributed by atoms with E-state index in [-0.39, 0.29) is 16.5 Å². The minimum absolute atomic E-state index is 0.0224. The molecule has 2 aromatic carbocycles. The van der Waals surface area contributed by atoms with Crippen molar-refractivity contribution < 1.29 is 19.2 Å². The van der Waals surface area contributed by atoms with Crippen LogP contribution < -0.4 is 20.1 Å². The molecular formula is C20H23N3O5S. The van der Waals surface area contributed by atoms with Crippen molar-refractivity contribution in [2.75, 3.05) is 19.0 Å². The number of para-hydroxylation sites is 1. The number of carbonyl (C=O) groups is 1. The maximum Gasteiger partial charge on any atom is 0.271 e. The van der Waals surface area contributed by atoms with E-state index >= 15 is 0 Å². The first-order valence-corrected chi connectivity index (χ1v) is 9.39. The highest BCUT2D eigenvalue weighted by molar-refractivity contribution is 7.80. The summed E-state index contributed by atoms with van der Waals surface area (Å²) < 4.78 is 10.9. The largest absolute Gasteiger partial charge is 0.495 e. The van der Waals surface area contributed by atoms with Crippen molar-refractivity contribution in [3.05, 3.63) is 58.1 Å². The highest BCUT2D eigenvalue weighted by Crippen LogP contribution is 2.28. The Hall–Kier alpha value is -3.20. The molecule has 2 aromatic rings. The zero-order valence-corrected chi connectivity index (χ0v) is 17.2. The van der Waals surface area contributed by atoms with E-state index < -0.39 is 10.8 Å². The van der Waals surface area contributed by atoms with Crippen LogP contribution in [0.2, 0.25) is 0 Å². The molecule has 2 N–H and O–H groups in total. The second kappa shape index (κ2) is 10.4. The number of amides is 1. The highest BCUT2D eigenvalue weighted by Gasteiger charge is 2.16. The molecule has 1 amide bonds. The number of anilines is 1. The number of methoxy groups -OCH3 is 1. The van der Waals surface area contributed by atoms with E-state index in [0.29, 0.717) is 29.6 Å². The summed E-state index contributed by atoms with van der Waals surface area (Å²) in [4.78, 5) is 23.1. The number of ether oxygens (including phenoxy) is 2. The number of non-ortho nitro benzene ring substituents is 1. The lowest BCUT2D eigenvalue weighted by molar-refractivity contribution is -0.384. The van der Waals surface area contributed by atoms with Gasteiger partial charge < -0.3 is 14.8 Å². The fourth-order valence-corrected chi connectivity index (χ4v) is 2.62. The van der Waals surface area contributed by atoms with E-state index in [1.54, 1.807) is 24.3 Å². The average molecular weight is 417 g/mol. The van der Waals surface area contributed by atoms with Gasteiger partial charge in [0.15, 0.2) is 5.11 Å². The SMILES string of the molecule is COc1ccc([N+](=O)[O-])cc1NC(=S)NC(=O)c1ccccc1OCCC(C)C. The van der Waals surface area contributed by atoms with Gasteiger partial charge in [0.25, 0.3) is 11.6 Å². The molecule has 154 valence electrons. The van der Waals surface area contributed by atoms with Gasteiger partial charge >= 0.3 is 0 Å². The number of nitro benzene ring substituents is 1. The fraction of sp³-hybridized carbons (Fsp3) is 0.300. The number of thiocarbonyl (C=S) groups is 1. The number of carbonyl (C=O) groups excluding carboxylic acids is 1. The van der Waals surface area contributed by atoms with Crippen LogP contribution in [0.15, 0.2) is 42.5 Å². The Morgan fingerprint density at radius 3 is 2.59 bits per heavy atom. The topological polar surface area (TPSA) is 103 Å². The first kappa shape index (κ1) is 22.1. The van der Waals surface area contributed by atoms with Gasteiger partial charge in [-0.05, 0) is 42.8 Å². The number of hydrogen-bond donors (Lipinski definition) is 2. The van der Waals surface area contributed by atoms with Gasteiger partial charge in [0.05, 0.1) is 29.9 Å². The van der Waals surface area contributed by atoms with E-state index in [1.165, 1.54) is 25.3 Å². The van der Waals surface area contributed by atoms with Gasteiger partial charge in [-0.25, -0.2) is 0 Å². The smallest absolute Gasteiger partial charge is 0.271 e. The third-order valence-electron chi connectivity index (χ3n) is 3.95. The minimum Gasteiger partial charge on any atom is -0.495 e. The van der Waals surface area contributed by atoms with Crippen LogP contribution in [0.25, 0.3) is 0 Å². The number of nitrogens with one attached hydrogen (secondary N) is 2. The van der Waals surface area contributed by atoms with Gasteiger partial charge in [0, 0.05) is 12.1 Å². The third kappa shape index (κ3) is 6.42. The van der Waals surface area contributed by atoms with Crippen molar-refractivity contribution in [2.24, 2.45) is 5.92 Å². The average Bonchev–Trinajstić information content (AvgIpc) is 2.67. The first-order chi connectivity index (χ1) is 13.8. The van der Waals surface area contributed by atoms with Gasteiger partial charge in [-0.15, -0.1) is 0 Å². The van der Waals surface area contributed by atoms with Crippen LogP contribution in [0.5, 0.6) is 11.5 Å². The maximum absolute atomic E-state index is 12.6. The molecule has 0 saturated heterocycles. The minimum atomic E-state index is -0.531. The Morgan fingerprint density at radius 2 is 1.93 bits per heavy atom. The standard InChI is InChI=1S/C20H23N3O5S/c1-13(2)10-11-28-17-7-5-4-6-15(17)19(24)22-20(29)21-16-12-14(23(25)26)8-9-18(16)27-3/h4-9,12-13H,10-11H2,1-3H3,(H2,21,22,24,29). The molecule has 0 aliphatic rings. The second-order valence-electron chi connectivity index (χ2n) is 6.58. The predicted molar refractivity (Wildman–Crippen MR) is 115 cm³/mol. The van der Waals surface area contributed by atoms with Crippen molar-refractivity contribution in [3.63, 3.8) is 0 Å². The number of benzene rings is 2. The summed E-state index contributed by atoms with van der Waals surface area (Å²) in [5, 5.41) is 16.3. The monoisotopic (exact) mass is 417 g/mol. The van der Waals surface area contributed by atoms with Crippen molar-refractivity contribution in [3.8, 4) is 11.5 Å². The number of hydrogen-bond acceptors (Lipinski definition) is 6. The number of nitrogens with zero attached hydrogens (tertiary/aromatic N) is 1. The Bertz CT molecular complexity index is 901. The van der Waals surface area contributed by atoms with Gasteiger partial charge in [0.1, 0.15) is 11.5 Å². The van der Waals surface area contributed by atoms with Crippen molar-refractivity contribution in [2.45, 2.75) is 20.3 Å². The molecule has 2 rings (SSSR count). The second-order valence-corrected chi connectivity index (χ2v) is 6.99. The van der Waals surface area contributed by atoms with E-state index in [0.717, 1.165) is 6.42 Å². The molecule has 9 heteroatoms. The van der Waals surface area contributed by atoms with Gasteiger partial charge in [-0.1, -0.05) is 26.0 Å². The van der Waals surface area contributed by atoms with Crippen LogP contribution in [0, 0.1) is 16.0 Å². The lowest BCUT2D eigenvalue weighted by Crippen LogP contribution is -2.34. The molecular weight excluding hydrogens is 394 g/mol. The fourth-order valence-electron chi connectivity index (χ4n) is 2.42. The lowest BCUT2D eigenvalue weighted by atomic mass is 10.1. The van der Waals surface area contributed by atoms with Crippen LogP contribution >= 0.6 is 12.2 Å². The van der Waals surface area contributed by atoms with Gasteiger partial charge in [-0.2, -0.15) is 0 Å². The number of nitro groups is 1. The lowest BCUT2D eigenvalue weighted by Gasteiger charge is -2.14. The van der Waals surface area contributed by atoms with Crippen LogP contribution in [-0.4, -0.2) is 29.7 Å². The molecule has 0 aromatic heterocycles. The van der Waals surface area contributed by atoms with Crippen molar-refractivity contribution >= 4 is 34.6 Å². The molecule has 0 radical (unpaired) electrons. The van der Waals surface area contributed by atoms with E-state index in [1.807, 2.05) is 0 Å².